The number of carbonyl (C=O) groups is 2. The second-order valence-electron chi connectivity index (χ2n) is 7.33. The number of hydrogen-bond acceptors (Lipinski definition) is 4. The van der Waals surface area contributed by atoms with Crippen LogP contribution in [0.2, 0.25) is 0 Å². The summed E-state index contributed by atoms with van der Waals surface area (Å²) in [5, 5.41) is 7.86. The maximum atomic E-state index is 11.7. The fourth-order valence-electron chi connectivity index (χ4n) is 4.47. The first-order valence-corrected chi connectivity index (χ1v) is 8.72. The topological polar surface area (TPSA) is 82.9 Å². The van der Waals surface area contributed by atoms with Gasteiger partial charge in [0, 0.05) is 24.3 Å². The quantitative estimate of drug-likeness (QED) is 0.356. The van der Waals surface area contributed by atoms with Crippen molar-refractivity contribution < 1.29 is 9.59 Å². The summed E-state index contributed by atoms with van der Waals surface area (Å²) in [6, 6.07) is 0. The first-order chi connectivity index (χ1) is 11.7. The predicted molar refractivity (Wildman–Crippen MR) is 91.0 cm³/mol. The van der Waals surface area contributed by atoms with Gasteiger partial charge in [0.25, 0.3) is 0 Å². The second kappa shape index (κ2) is 6.34. The van der Waals surface area contributed by atoms with Gasteiger partial charge < -0.3 is 0 Å². The molecule has 0 aromatic rings. The molecule has 0 heterocycles. The molecule has 4 aliphatic rings. The molecule has 6 heteroatoms. The number of nitrogens with zero attached hydrogens (tertiary/aromatic N) is 2. The van der Waals surface area contributed by atoms with Crippen LogP contribution in [0.4, 0.5) is 0 Å². The molecule has 4 bridgehead atoms. The number of allylic oxidation sites excluding steroid dienone is 4. The van der Waals surface area contributed by atoms with Crippen LogP contribution in [0.3, 0.4) is 0 Å². The van der Waals surface area contributed by atoms with Crippen molar-refractivity contribution in [2.45, 2.75) is 25.7 Å². The van der Waals surface area contributed by atoms with E-state index in [1.54, 1.807) is 12.4 Å². The van der Waals surface area contributed by atoms with Gasteiger partial charge in [0.15, 0.2) is 0 Å². The van der Waals surface area contributed by atoms with Crippen LogP contribution in [-0.4, -0.2) is 24.2 Å². The summed E-state index contributed by atoms with van der Waals surface area (Å²) in [7, 11) is 0. The highest BCUT2D eigenvalue weighted by molar-refractivity contribution is 6.35. The second-order valence-corrected chi connectivity index (χ2v) is 7.33. The van der Waals surface area contributed by atoms with Crippen molar-refractivity contribution in [2.75, 3.05) is 0 Å². The molecule has 0 aromatic carbocycles. The van der Waals surface area contributed by atoms with Gasteiger partial charge in [-0.3, -0.25) is 9.59 Å². The Kier molecular flexibility index (Phi) is 4.04. The SMILES string of the molecule is O=C(N/N=C\[C@@H]1C[C@@H]2C=C[C@@H]1C2)C(=O)N/N=C\[C@@H]1C[C@H]2C=C[C@@H]1C2. The minimum Gasteiger partial charge on any atom is -0.262 e. The Morgan fingerprint density at radius 3 is 1.54 bits per heavy atom. The number of rotatable bonds is 4. The van der Waals surface area contributed by atoms with Gasteiger partial charge >= 0.3 is 11.8 Å². The highest BCUT2D eigenvalue weighted by Gasteiger charge is 2.35. The van der Waals surface area contributed by atoms with E-state index in [-0.39, 0.29) is 0 Å². The smallest absolute Gasteiger partial charge is 0.262 e. The van der Waals surface area contributed by atoms with Crippen molar-refractivity contribution in [3.63, 3.8) is 0 Å². The minimum absolute atomic E-state index is 0.368. The molecule has 0 spiro atoms. The summed E-state index contributed by atoms with van der Waals surface area (Å²) in [6.45, 7) is 0. The number of hydrogen-bond donors (Lipinski definition) is 2. The summed E-state index contributed by atoms with van der Waals surface area (Å²) in [5.41, 5.74) is 4.57. The van der Waals surface area contributed by atoms with Gasteiger partial charge in [-0.1, -0.05) is 24.3 Å². The monoisotopic (exact) mass is 326 g/mol. The third kappa shape index (κ3) is 3.05. The number of fused-ring (bicyclic) bond motifs is 4. The van der Waals surface area contributed by atoms with Gasteiger partial charge in [-0.25, -0.2) is 10.9 Å². The highest BCUT2D eigenvalue weighted by Crippen LogP contribution is 2.43. The summed E-state index contributed by atoms with van der Waals surface area (Å²) < 4.78 is 0. The average molecular weight is 326 g/mol. The van der Waals surface area contributed by atoms with Crippen molar-refractivity contribution >= 4 is 24.2 Å². The van der Waals surface area contributed by atoms with Gasteiger partial charge in [0.1, 0.15) is 0 Å². The molecule has 6 nitrogen and oxygen atoms in total. The fraction of sp³-hybridized carbons (Fsp3) is 0.556. The molecule has 2 fully saturated rings. The molecule has 126 valence electrons. The molecule has 0 radical (unpaired) electrons. The highest BCUT2D eigenvalue weighted by atomic mass is 16.2. The van der Waals surface area contributed by atoms with Crippen LogP contribution in [0.15, 0.2) is 34.5 Å². The molecular weight excluding hydrogens is 304 g/mol. The molecule has 2 amide bonds. The maximum Gasteiger partial charge on any atom is 0.331 e. The van der Waals surface area contributed by atoms with Gasteiger partial charge in [0.2, 0.25) is 0 Å². The zero-order valence-corrected chi connectivity index (χ0v) is 13.5. The van der Waals surface area contributed by atoms with Gasteiger partial charge in [-0.2, -0.15) is 10.2 Å². The lowest BCUT2D eigenvalue weighted by Crippen LogP contribution is -2.35. The Bertz CT molecular complexity index is 595. The Balaban J connectivity index is 1.19. The Morgan fingerprint density at radius 2 is 1.21 bits per heavy atom. The Morgan fingerprint density at radius 1 is 0.750 bits per heavy atom. The standard InChI is InChI=1S/C18H22N4O2/c23-17(21-19-9-15-7-11-1-3-13(15)5-11)18(24)22-20-10-16-8-12-2-4-14(16)6-12/h1-4,9-16H,5-8H2,(H,21,23)(H,22,24)/b19-9-,20-10-/t11-,12+,13-,14-,15+,16+/m1/s1. The lowest BCUT2D eigenvalue weighted by molar-refractivity contribution is -0.139. The summed E-state index contributed by atoms with van der Waals surface area (Å²) in [4.78, 5) is 23.4. The third-order valence-corrected chi connectivity index (χ3v) is 5.73. The zero-order valence-electron chi connectivity index (χ0n) is 13.5. The number of amides is 2. The number of carbonyl (C=O) groups excluding carboxylic acids is 2. The summed E-state index contributed by atoms with van der Waals surface area (Å²) in [6.07, 6.45) is 17.0. The molecule has 4 rings (SSSR count). The molecule has 0 unspecified atom stereocenters. The fourth-order valence-corrected chi connectivity index (χ4v) is 4.47. The van der Waals surface area contributed by atoms with Crippen LogP contribution in [0.25, 0.3) is 0 Å². The van der Waals surface area contributed by atoms with Crippen LogP contribution in [0.5, 0.6) is 0 Å². The van der Waals surface area contributed by atoms with Crippen molar-refractivity contribution in [3.05, 3.63) is 24.3 Å². The molecule has 4 aliphatic carbocycles. The van der Waals surface area contributed by atoms with Gasteiger partial charge in [0.05, 0.1) is 0 Å². The molecule has 0 aliphatic heterocycles. The van der Waals surface area contributed by atoms with Crippen LogP contribution in [0, 0.1) is 35.5 Å². The van der Waals surface area contributed by atoms with Crippen molar-refractivity contribution in [1.29, 1.82) is 0 Å². The lowest BCUT2D eigenvalue weighted by Gasteiger charge is -2.12. The molecule has 0 saturated heterocycles. The largest absolute Gasteiger partial charge is 0.331 e. The normalized spacial score (nSPS) is 38.7. The van der Waals surface area contributed by atoms with Gasteiger partial charge in [-0.15, -0.1) is 0 Å². The molecule has 2 saturated carbocycles. The van der Waals surface area contributed by atoms with E-state index >= 15 is 0 Å². The van der Waals surface area contributed by atoms with Crippen molar-refractivity contribution in [1.82, 2.24) is 10.9 Å². The van der Waals surface area contributed by atoms with Crippen LogP contribution < -0.4 is 10.9 Å². The van der Waals surface area contributed by atoms with Crippen LogP contribution in [0.1, 0.15) is 25.7 Å². The number of nitrogens with one attached hydrogen (secondary N) is 2. The Labute approximate surface area is 141 Å². The molecule has 2 N–H and O–H groups in total. The van der Waals surface area contributed by atoms with E-state index < -0.39 is 11.8 Å². The van der Waals surface area contributed by atoms with E-state index in [1.165, 1.54) is 12.8 Å². The van der Waals surface area contributed by atoms with E-state index in [4.69, 9.17) is 0 Å². The minimum atomic E-state index is -0.782. The summed E-state index contributed by atoms with van der Waals surface area (Å²) >= 11 is 0. The van der Waals surface area contributed by atoms with Crippen LogP contribution in [-0.2, 0) is 9.59 Å². The third-order valence-electron chi connectivity index (χ3n) is 5.73. The first kappa shape index (κ1) is 15.3. The lowest BCUT2D eigenvalue weighted by atomic mass is 9.95. The van der Waals surface area contributed by atoms with E-state index in [2.05, 4.69) is 45.4 Å². The van der Waals surface area contributed by atoms with E-state index in [9.17, 15) is 9.59 Å². The van der Waals surface area contributed by atoms with Crippen LogP contribution >= 0.6 is 0 Å². The molecule has 0 aromatic heterocycles. The van der Waals surface area contributed by atoms with E-state index in [0.717, 1.165) is 12.8 Å². The number of hydrazone groups is 2. The van der Waals surface area contributed by atoms with E-state index in [1.807, 2.05) is 0 Å². The van der Waals surface area contributed by atoms with Gasteiger partial charge in [-0.05, 0) is 49.4 Å². The molecule has 24 heavy (non-hydrogen) atoms. The zero-order chi connectivity index (χ0) is 16.5. The van der Waals surface area contributed by atoms with Crippen molar-refractivity contribution in [3.8, 4) is 0 Å². The molecular formula is C18H22N4O2. The molecule has 6 atom stereocenters. The Hall–Kier alpha value is -2.24. The van der Waals surface area contributed by atoms with E-state index in [0.29, 0.717) is 35.5 Å². The predicted octanol–water partition coefficient (Wildman–Crippen LogP) is 1.61. The first-order valence-electron chi connectivity index (χ1n) is 8.72. The summed E-state index contributed by atoms with van der Waals surface area (Å²) in [5.74, 6) is 1.54. The van der Waals surface area contributed by atoms with Crippen molar-refractivity contribution in [2.24, 2.45) is 45.7 Å². The average Bonchev–Trinajstić information content (AvgIpc) is 3.35. The maximum absolute atomic E-state index is 11.7.